The van der Waals surface area contributed by atoms with Crippen molar-refractivity contribution in [2.45, 2.75) is 4.90 Å². The molecule has 1 heterocycles. The molecular formula is C9H8N4O4S. The quantitative estimate of drug-likeness (QED) is 0.639. The van der Waals surface area contributed by atoms with E-state index < -0.39 is 25.7 Å². The summed E-state index contributed by atoms with van der Waals surface area (Å²) in [5.41, 5.74) is 0.496. The molecule has 1 aromatic carbocycles. The zero-order valence-electron chi connectivity index (χ0n) is 8.92. The van der Waals surface area contributed by atoms with Crippen LogP contribution in [0.4, 0.5) is 5.82 Å². The first-order valence-electron chi connectivity index (χ1n) is 4.72. The molecule has 0 aliphatic heterocycles. The molecule has 0 saturated heterocycles. The van der Waals surface area contributed by atoms with E-state index in [1.54, 1.807) is 30.3 Å². The molecule has 18 heavy (non-hydrogen) atoms. The molecule has 9 heteroatoms. The third-order valence-corrected chi connectivity index (χ3v) is 3.06. The van der Waals surface area contributed by atoms with Crippen molar-refractivity contribution in [2.24, 2.45) is 5.14 Å². The first kappa shape index (κ1) is 12.2. The topological polar surface area (TPSA) is 121 Å². The summed E-state index contributed by atoms with van der Waals surface area (Å²) in [5, 5.41) is 19.2. The number of primary sulfonamides is 1. The molecule has 0 fully saturated rings. The fourth-order valence-corrected chi connectivity index (χ4v) is 2.01. The van der Waals surface area contributed by atoms with Gasteiger partial charge in [0, 0.05) is 0 Å². The number of nitro groups is 1. The molecule has 0 saturated carbocycles. The van der Waals surface area contributed by atoms with Crippen LogP contribution in [0.1, 0.15) is 0 Å². The Morgan fingerprint density at radius 3 is 2.33 bits per heavy atom. The number of nitrogens with two attached hydrogens (primary N) is 1. The minimum atomic E-state index is -4.19. The predicted octanol–water partition coefficient (Wildman–Crippen LogP) is 0.428. The first-order valence-corrected chi connectivity index (χ1v) is 6.26. The number of benzene rings is 1. The second-order valence-corrected chi connectivity index (χ2v) is 4.93. The molecule has 0 radical (unpaired) electrons. The van der Waals surface area contributed by atoms with E-state index >= 15 is 0 Å². The summed E-state index contributed by atoms with van der Waals surface area (Å²) in [6.07, 6.45) is 1.02. The van der Waals surface area contributed by atoms with Crippen molar-refractivity contribution in [3.63, 3.8) is 0 Å². The second-order valence-electron chi connectivity index (χ2n) is 3.40. The van der Waals surface area contributed by atoms with E-state index in [2.05, 4.69) is 5.10 Å². The van der Waals surface area contributed by atoms with Crippen molar-refractivity contribution in [2.75, 3.05) is 0 Å². The van der Waals surface area contributed by atoms with E-state index in [0.717, 1.165) is 10.9 Å². The number of rotatable bonds is 3. The van der Waals surface area contributed by atoms with Gasteiger partial charge in [-0.2, -0.15) is 0 Å². The van der Waals surface area contributed by atoms with Crippen molar-refractivity contribution in [3.05, 3.63) is 46.6 Å². The molecule has 0 aliphatic carbocycles. The zero-order valence-corrected chi connectivity index (χ0v) is 9.74. The van der Waals surface area contributed by atoms with Crippen LogP contribution in [-0.2, 0) is 10.0 Å². The summed E-state index contributed by atoms with van der Waals surface area (Å²) >= 11 is 0. The fraction of sp³-hybridized carbons (Fsp3) is 0. The van der Waals surface area contributed by atoms with Crippen molar-refractivity contribution >= 4 is 15.8 Å². The maximum atomic E-state index is 11.2. The van der Waals surface area contributed by atoms with Gasteiger partial charge in [0.05, 0.1) is 17.0 Å². The highest BCUT2D eigenvalue weighted by Gasteiger charge is 2.29. The number of hydrogen-bond acceptors (Lipinski definition) is 5. The Morgan fingerprint density at radius 2 is 1.89 bits per heavy atom. The molecule has 0 aliphatic rings. The molecule has 2 aromatic rings. The summed E-state index contributed by atoms with van der Waals surface area (Å²) in [6.45, 7) is 0. The number of hydrogen-bond donors (Lipinski definition) is 1. The van der Waals surface area contributed by atoms with Crippen LogP contribution in [0.3, 0.4) is 0 Å². The Hall–Kier alpha value is -2.26. The van der Waals surface area contributed by atoms with Crippen molar-refractivity contribution in [1.29, 1.82) is 0 Å². The van der Waals surface area contributed by atoms with Crippen molar-refractivity contribution in [3.8, 4) is 5.69 Å². The van der Waals surface area contributed by atoms with E-state index in [0.29, 0.717) is 5.69 Å². The van der Waals surface area contributed by atoms with Crippen LogP contribution in [-0.4, -0.2) is 23.1 Å². The van der Waals surface area contributed by atoms with Gasteiger partial charge in [-0.05, 0) is 17.1 Å². The second kappa shape index (κ2) is 4.20. The van der Waals surface area contributed by atoms with Crippen LogP contribution in [0.25, 0.3) is 5.69 Å². The van der Waals surface area contributed by atoms with Crippen LogP contribution < -0.4 is 5.14 Å². The smallest absolute Gasteiger partial charge is 0.358 e. The maximum Gasteiger partial charge on any atom is 0.410 e. The van der Waals surface area contributed by atoms with Crippen LogP contribution in [0.2, 0.25) is 0 Å². The van der Waals surface area contributed by atoms with E-state index in [4.69, 9.17) is 5.14 Å². The average molecular weight is 268 g/mol. The summed E-state index contributed by atoms with van der Waals surface area (Å²) < 4.78 is 23.5. The van der Waals surface area contributed by atoms with Gasteiger partial charge in [-0.25, -0.2) is 13.6 Å². The third-order valence-electron chi connectivity index (χ3n) is 2.16. The molecule has 8 nitrogen and oxygen atoms in total. The fourth-order valence-electron chi connectivity index (χ4n) is 1.39. The SMILES string of the molecule is NS(=O)(=O)c1cn(-c2ccccc2)nc1[N+](=O)[O-]. The molecular weight excluding hydrogens is 260 g/mol. The van der Waals surface area contributed by atoms with Gasteiger partial charge in [-0.1, -0.05) is 18.2 Å². The normalized spacial score (nSPS) is 11.4. The Labute approximate surface area is 102 Å². The Bertz CT molecular complexity index is 693. The largest absolute Gasteiger partial charge is 0.410 e. The lowest BCUT2D eigenvalue weighted by Gasteiger charge is -1.93. The standard InChI is InChI=1S/C9H8N4O4S/c10-18(16,17)8-6-12(11-9(8)13(14)15)7-4-2-1-3-5-7/h1-6H,(H2,10,16,17). The maximum absolute atomic E-state index is 11.2. The number of nitrogens with zero attached hydrogens (tertiary/aromatic N) is 3. The van der Waals surface area contributed by atoms with Gasteiger partial charge in [-0.3, -0.25) is 0 Å². The van der Waals surface area contributed by atoms with Gasteiger partial charge >= 0.3 is 5.82 Å². The zero-order chi connectivity index (χ0) is 13.3. The van der Waals surface area contributed by atoms with Crippen molar-refractivity contribution < 1.29 is 13.3 Å². The molecule has 0 spiro atoms. The number of sulfonamides is 1. The predicted molar refractivity (Wildman–Crippen MR) is 61.6 cm³/mol. The minimum Gasteiger partial charge on any atom is -0.358 e. The molecule has 1 aromatic heterocycles. The monoisotopic (exact) mass is 268 g/mol. The molecule has 0 amide bonds. The van der Waals surface area contributed by atoms with E-state index in [1.807, 2.05) is 0 Å². The van der Waals surface area contributed by atoms with Crippen LogP contribution in [0.15, 0.2) is 41.4 Å². The Kier molecular flexibility index (Phi) is 2.85. The number of aromatic nitrogens is 2. The summed E-state index contributed by atoms with van der Waals surface area (Å²) in [6, 6.07) is 8.40. The highest BCUT2D eigenvalue weighted by Crippen LogP contribution is 2.22. The molecule has 0 atom stereocenters. The lowest BCUT2D eigenvalue weighted by atomic mass is 10.3. The minimum absolute atomic E-state index is 0.496. The molecule has 0 unspecified atom stereocenters. The Morgan fingerprint density at radius 1 is 1.28 bits per heavy atom. The van der Waals surface area contributed by atoms with Gasteiger partial charge < -0.3 is 10.1 Å². The highest BCUT2D eigenvalue weighted by atomic mass is 32.2. The van der Waals surface area contributed by atoms with Crippen LogP contribution in [0, 0.1) is 10.1 Å². The summed E-state index contributed by atoms with van der Waals surface area (Å²) in [5.74, 6) is -0.790. The summed E-state index contributed by atoms with van der Waals surface area (Å²) in [7, 11) is -4.19. The van der Waals surface area contributed by atoms with Gasteiger partial charge in [0.1, 0.15) is 0 Å². The number of para-hydroxylation sites is 1. The third kappa shape index (κ3) is 2.21. The van der Waals surface area contributed by atoms with Gasteiger partial charge in [0.15, 0.2) is 0 Å². The molecule has 0 bridgehead atoms. The molecule has 2 N–H and O–H groups in total. The lowest BCUT2D eigenvalue weighted by Crippen LogP contribution is -2.13. The average Bonchev–Trinajstić information content (AvgIpc) is 2.74. The van der Waals surface area contributed by atoms with Gasteiger partial charge in [0.2, 0.25) is 14.9 Å². The summed E-state index contributed by atoms with van der Waals surface area (Å²) in [4.78, 5) is 9.22. The van der Waals surface area contributed by atoms with Crippen LogP contribution >= 0.6 is 0 Å². The Balaban J connectivity index is 2.64. The van der Waals surface area contributed by atoms with Gasteiger partial charge in [-0.15, -0.1) is 4.68 Å². The molecule has 94 valence electrons. The molecule has 2 rings (SSSR count). The first-order chi connectivity index (χ1) is 8.39. The van der Waals surface area contributed by atoms with Crippen LogP contribution in [0.5, 0.6) is 0 Å². The van der Waals surface area contributed by atoms with E-state index in [9.17, 15) is 18.5 Å². The lowest BCUT2D eigenvalue weighted by molar-refractivity contribution is -0.392. The van der Waals surface area contributed by atoms with E-state index in [1.165, 1.54) is 0 Å². The highest BCUT2D eigenvalue weighted by molar-refractivity contribution is 7.89. The van der Waals surface area contributed by atoms with Gasteiger partial charge in [0.25, 0.3) is 0 Å². The van der Waals surface area contributed by atoms with Crippen molar-refractivity contribution in [1.82, 2.24) is 9.78 Å². The van der Waals surface area contributed by atoms with E-state index in [-0.39, 0.29) is 0 Å².